The lowest BCUT2D eigenvalue weighted by molar-refractivity contribution is 0.149. The van der Waals surface area contributed by atoms with Crippen LogP contribution < -0.4 is 5.32 Å². The number of nitrogens with zero attached hydrogens (tertiary/aromatic N) is 2. The van der Waals surface area contributed by atoms with Crippen LogP contribution in [0.4, 0.5) is 10.1 Å². The average Bonchev–Trinajstić information content (AvgIpc) is 2.90. The van der Waals surface area contributed by atoms with Crippen molar-refractivity contribution in [1.82, 2.24) is 4.90 Å². The summed E-state index contributed by atoms with van der Waals surface area (Å²) < 4.78 is 15.4. The van der Waals surface area contributed by atoms with Gasteiger partial charge in [-0.05, 0) is 26.5 Å². The average molecular weight is 341 g/mol. The van der Waals surface area contributed by atoms with Crippen LogP contribution in [0.5, 0.6) is 0 Å². The van der Waals surface area contributed by atoms with Crippen molar-refractivity contribution in [3.63, 3.8) is 0 Å². The molecule has 1 aliphatic heterocycles. The molecule has 24 heavy (non-hydrogen) atoms. The molecular weight excluding hydrogens is 321 g/mol. The van der Waals surface area contributed by atoms with Gasteiger partial charge in [0.25, 0.3) is 0 Å². The first-order valence-corrected chi connectivity index (χ1v) is 8.89. The van der Waals surface area contributed by atoms with E-state index in [9.17, 15) is 4.39 Å². The maximum atomic E-state index is 14.3. The smallest absolute Gasteiger partial charge is 0.133 e. The summed E-state index contributed by atoms with van der Waals surface area (Å²) in [6.07, 6.45) is 0.243. The Hall–Kier alpha value is -2.08. The molecular formula is C19H20FN3S. The zero-order valence-electron chi connectivity index (χ0n) is 13.9. The van der Waals surface area contributed by atoms with Gasteiger partial charge in [0.2, 0.25) is 0 Å². The number of anilines is 1. The molecule has 1 aliphatic rings. The number of alkyl halides is 1. The first-order chi connectivity index (χ1) is 11.6. The second kappa shape index (κ2) is 7.21. The minimum Gasteiger partial charge on any atom is -0.378 e. The van der Waals surface area contributed by atoms with E-state index in [0.29, 0.717) is 13.0 Å². The van der Waals surface area contributed by atoms with Gasteiger partial charge in [-0.3, -0.25) is 0 Å². The zero-order valence-corrected chi connectivity index (χ0v) is 14.7. The maximum Gasteiger partial charge on any atom is 0.133 e. The molecule has 0 radical (unpaired) electrons. The molecule has 124 valence electrons. The standard InChI is InChI=1S/C19H20FN3S/c1-3-5-18-13(8-10-21)14-6-4-7-17(19(14)24-18)22-16-9-11-23(2)12-15(16)20/h4,6-7,15-16,22H,8-9,11-12H2,1-2H3/t15-,16-/m1/s1. The highest BCUT2D eigenvalue weighted by Crippen LogP contribution is 2.37. The number of likely N-dealkylation sites (tertiary alicyclic amines) is 1. The van der Waals surface area contributed by atoms with Crippen molar-refractivity contribution in [3.05, 3.63) is 28.6 Å². The van der Waals surface area contributed by atoms with Crippen LogP contribution in [0.15, 0.2) is 18.2 Å². The van der Waals surface area contributed by atoms with Gasteiger partial charge in [-0.1, -0.05) is 18.1 Å². The minimum atomic E-state index is -0.882. The molecule has 1 aromatic heterocycles. The summed E-state index contributed by atoms with van der Waals surface area (Å²) in [4.78, 5) is 2.96. The Morgan fingerprint density at radius 1 is 1.46 bits per heavy atom. The van der Waals surface area contributed by atoms with E-state index in [1.54, 1.807) is 18.3 Å². The molecule has 1 N–H and O–H groups in total. The molecule has 1 fully saturated rings. The molecule has 0 bridgehead atoms. The lowest BCUT2D eigenvalue weighted by atomic mass is 10.0. The van der Waals surface area contributed by atoms with Crippen LogP contribution in [-0.2, 0) is 6.42 Å². The van der Waals surface area contributed by atoms with E-state index in [1.807, 2.05) is 30.1 Å². The van der Waals surface area contributed by atoms with Gasteiger partial charge in [0.05, 0.1) is 33.8 Å². The summed E-state index contributed by atoms with van der Waals surface area (Å²) in [6, 6.07) is 8.03. The van der Waals surface area contributed by atoms with E-state index < -0.39 is 6.17 Å². The molecule has 0 spiro atoms. The lowest BCUT2D eigenvalue weighted by Crippen LogP contribution is -2.46. The molecule has 2 heterocycles. The maximum absolute atomic E-state index is 14.3. The van der Waals surface area contributed by atoms with Crippen LogP contribution in [-0.4, -0.2) is 37.3 Å². The number of rotatable bonds is 3. The Balaban J connectivity index is 1.98. The van der Waals surface area contributed by atoms with Crippen LogP contribution in [0.1, 0.15) is 23.8 Å². The molecule has 1 saturated heterocycles. The summed E-state index contributed by atoms with van der Waals surface area (Å²) in [5, 5.41) is 13.6. The normalized spacial score (nSPS) is 21.1. The number of fused-ring (bicyclic) bond motifs is 1. The highest BCUT2D eigenvalue weighted by molar-refractivity contribution is 7.20. The Kier molecular flexibility index (Phi) is 5.04. The molecule has 2 atom stereocenters. The Labute approximate surface area is 146 Å². The molecule has 5 heteroatoms. The van der Waals surface area contributed by atoms with E-state index in [0.717, 1.165) is 39.2 Å². The van der Waals surface area contributed by atoms with Gasteiger partial charge in [0, 0.05) is 24.0 Å². The highest BCUT2D eigenvalue weighted by Gasteiger charge is 2.28. The van der Waals surface area contributed by atoms with Gasteiger partial charge < -0.3 is 10.2 Å². The van der Waals surface area contributed by atoms with E-state index in [4.69, 9.17) is 5.26 Å². The Morgan fingerprint density at radius 2 is 2.29 bits per heavy atom. The van der Waals surface area contributed by atoms with Crippen LogP contribution in [0, 0.1) is 23.2 Å². The summed E-state index contributed by atoms with van der Waals surface area (Å²) >= 11 is 1.59. The third-order valence-corrected chi connectivity index (χ3v) is 5.59. The van der Waals surface area contributed by atoms with Gasteiger partial charge in [-0.25, -0.2) is 4.39 Å². The van der Waals surface area contributed by atoms with Crippen molar-refractivity contribution in [3.8, 4) is 17.9 Å². The van der Waals surface area contributed by atoms with Crippen molar-refractivity contribution in [2.75, 3.05) is 25.5 Å². The Bertz CT molecular complexity index is 840. The van der Waals surface area contributed by atoms with Crippen molar-refractivity contribution in [2.24, 2.45) is 0 Å². The number of thiophene rings is 1. The fraction of sp³-hybridized carbons (Fsp3) is 0.421. The molecule has 0 aliphatic carbocycles. The minimum absolute atomic E-state index is 0.172. The van der Waals surface area contributed by atoms with Crippen molar-refractivity contribution in [1.29, 1.82) is 5.26 Å². The first-order valence-electron chi connectivity index (χ1n) is 8.07. The van der Waals surface area contributed by atoms with Crippen LogP contribution in [0.25, 0.3) is 10.1 Å². The van der Waals surface area contributed by atoms with E-state index in [2.05, 4.69) is 23.2 Å². The summed E-state index contributed by atoms with van der Waals surface area (Å²) in [6.45, 7) is 3.15. The third kappa shape index (κ3) is 3.24. The highest BCUT2D eigenvalue weighted by atomic mass is 32.1. The van der Waals surface area contributed by atoms with Gasteiger partial charge >= 0.3 is 0 Å². The van der Waals surface area contributed by atoms with Gasteiger partial charge in [0.15, 0.2) is 0 Å². The fourth-order valence-electron chi connectivity index (χ4n) is 3.17. The number of piperidine rings is 1. The number of hydrogen-bond donors (Lipinski definition) is 1. The second-order valence-electron chi connectivity index (χ2n) is 6.12. The predicted molar refractivity (Wildman–Crippen MR) is 98.1 cm³/mol. The van der Waals surface area contributed by atoms with E-state index >= 15 is 0 Å². The summed E-state index contributed by atoms with van der Waals surface area (Å²) in [5.41, 5.74) is 1.92. The predicted octanol–water partition coefficient (Wildman–Crippen LogP) is 3.79. The van der Waals surface area contributed by atoms with Crippen LogP contribution in [0.3, 0.4) is 0 Å². The van der Waals surface area contributed by atoms with Crippen LogP contribution in [0.2, 0.25) is 0 Å². The largest absolute Gasteiger partial charge is 0.378 e. The number of benzene rings is 1. The summed E-state index contributed by atoms with van der Waals surface area (Å²) in [5.74, 6) is 6.03. The van der Waals surface area contributed by atoms with E-state index in [-0.39, 0.29) is 6.04 Å². The Morgan fingerprint density at radius 3 is 3.00 bits per heavy atom. The third-order valence-electron chi connectivity index (χ3n) is 4.40. The molecule has 2 aromatic rings. The van der Waals surface area contributed by atoms with Crippen molar-refractivity contribution >= 4 is 27.1 Å². The summed E-state index contributed by atoms with van der Waals surface area (Å²) in [7, 11) is 1.95. The topological polar surface area (TPSA) is 39.1 Å². The van der Waals surface area contributed by atoms with Gasteiger partial charge in [-0.15, -0.1) is 17.3 Å². The number of nitriles is 1. The monoisotopic (exact) mass is 341 g/mol. The first kappa shape index (κ1) is 16.8. The molecule has 0 amide bonds. The fourth-order valence-corrected chi connectivity index (χ4v) is 4.37. The van der Waals surface area contributed by atoms with E-state index in [1.165, 1.54) is 0 Å². The second-order valence-corrected chi connectivity index (χ2v) is 7.14. The SMILES string of the molecule is CC#Cc1sc2c(N[C@@H]3CCN(C)C[C@H]3F)cccc2c1CC#N. The van der Waals surface area contributed by atoms with Crippen molar-refractivity contribution in [2.45, 2.75) is 32.0 Å². The van der Waals surface area contributed by atoms with Gasteiger partial charge in [0.1, 0.15) is 6.17 Å². The molecule has 0 saturated carbocycles. The molecule has 3 rings (SSSR count). The molecule has 3 nitrogen and oxygen atoms in total. The lowest BCUT2D eigenvalue weighted by Gasteiger charge is -2.33. The number of halogens is 1. The quantitative estimate of drug-likeness (QED) is 0.863. The molecule has 0 unspecified atom stereocenters. The number of hydrogen-bond acceptors (Lipinski definition) is 4. The zero-order chi connectivity index (χ0) is 17.1. The van der Waals surface area contributed by atoms with Crippen molar-refractivity contribution < 1.29 is 4.39 Å². The van der Waals surface area contributed by atoms with Crippen LogP contribution >= 0.6 is 11.3 Å². The molecule has 1 aromatic carbocycles. The number of nitrogens with one attached hydrogen (secondary N) is 1. The van der Waals surface area contributed by atoms with Gasteiger partial charge in [-0.2, -0.15) is 5.26 Å².